The van der Waals surface area contributed by atoms with Gasteiger partial charge in [-0.3, -0.25) is 0 Å². The maximum Gasteiger partial charge on any atom is 0.118 e. The van der Waals surface area contributed by atoms with Gasteiger partial charge >= 0.3 is 0 Å². The first-order chi connectivity index (χ1) is 11.7. The van der Waals surface area contributed by atoms with Crippen molar-refractivity contribution in [1.29, 1.82) is 0 Å². The van der Waals surface area contributed by atoms with Crippen molar-refractivity contribution in [2.24, 2.45) is 0 Å². The van der Waals surface area contributed by atoms with Crippen molar-refractivity contribution in [3.05, 3.63) is 47.5 Å². The SMILES string of the molecule is CCCCCc1cc(-c2ccc(O)c(CCCCC)c2)ccc1O. The molecule has 2 aromatic carbocycles. The number of hydrogen-bond donors (Lipinski definition) is 2. The molecule has 2 N–H and O–H groups in total. The molecule has 0 atom stereocenters. The lowest BCUT2D eigenvalue weighted by Gasteiger charge is -2.11. The van der Waals surface area contributed by atoms with E-state index in [1.807, 2.05) is 12.1 Å². The minimum absolute atomic E-state index is 0.386. The van der Waals surface area contributed by atoms with Gasteiger partial charge in [-0.1, -0.05) is 51.7 Å². The Morgan fingerprint density at radius 2 is 1.04 bits per heavy atom. The van der Waals surface area contributed by atoms with Gasteiger partial charge in [-0.05, 0) is 72.2 Å². The highest BCUT2D eigenvalue weighted by atomic mass is 16.3. The second-order valence-electron chi connectivity index (χ2n) is 6.60. The number of hydrogen-bond acceptors (Lipinski definition) is 2. The Bertz CT molecular complexity index is 589. The lowest BCUT2D eigenvalue weighted by Crippen LogP contribution is -1.91. The van der Waals surface area contributed by atoms with Gasteiger partial charge in [0.15, 0.2) is 0 Å². The molecular weight excluding hydrogens is 296 g/mol. The Kier molecular flexibility index (Phi) is 7.17. The number of aromatic hydroxyl groups is 2. The fourth-order valence-corrected chi connectivity index (χ4v) is 3.06. The molecule has 0 fully saturated rings. The van der Waals surface area contributed by atoms with Crippen LogP contribution in [0.3, 0.4) is 0 Å². The van der Waals surface area contributed by atoms with Crippen molar-refractivity contribution in [3.63, 3.8) is 0 Å². The molecule has 0 aliphatic heterocycles. The van der Waals surface area contributed by atoms with E-state index in [4.69, 9.17) is 0 Å². The van der Waals surface area contributed by atoms with Crippen LogP contribution in [0.2, 0.25) is 0 Å². The number of phenols is 2. The Balaban J connectivity index is 2.21. The maximum absolute atomic E-state index is 10.1. The summed E-state index contributed by atoms with van der Waals surface area (Å²) in [5.74, 6) is 0.772. The van der Waals surface area contributed by atoms with Crippen LogP contribution < -0.4 is 0 Å². The lowest BCUT2D eigenvalue weighted by atomic mass is 9.96. The first kappa shape index (κ1) is 18.4. The number of unbranched alkanes of at least 4 members (excludes halogenated alkanes) is 4. The molecule has 0 aliphatic rings. The van der Waals surface area contributed by atoms with Crippen LogP contribution in [0.25, 0.3) is 11.1 Å². The molecule has 2 heteroatoms. The van der Waals surface area contributed by atoms with Gasteiger partial charge < -0.3 is 10.2 Å². The van der Waals surface area contributed by atoms with Gasteiger partial charge in [-0.15, -0.1) is 0 Å². The van der Waals surface area contributed by atoms with Gasteiger partial charge in [-0.25, -0.2) is 0 Å². The molecule has 0 aromatic heterocycles. The molecule has 0 radical (unpaired) electrons. The highest BCUT2D eigenvalue weighted by Crippen LogP contribution is 2.30. The van der Waals surface area contributed by atoms with Gasteiger partial charge in [0.2, 0.25) is 0 Å². The van der Waals surface area contributed by atoms with E-state index in [1.165, 1.54) is 25.7 Å². The fraction of sp³-hybridized carbons (Fsp3) is 0.455. The van der Waals surface area contributed by atoms with E-state index < -0.39 is 0 Å². The van der Waals surface area contributed by atoms with E-state index >= 15 is 0 Å². The predicted molar refractivity (Wildman–Crippen MR) is 102 cm³/mol. The van der Waals surface area contributed by atoms with Crippen LogP contribution in [0.5, 0.6) is 11.5 Å². The zero-order chi connectivity index (χ0) is 17.4. The van der Waals surface area contributed by atoms with Crippen LogP contribution in [-0.4, -0.2) is 10.2 Å². The third-order valence-corrected chi connectivity index (χ3v) is 4.59. The van der Waals surface area contributed by atoms with Gasteiger partial charge in [0, 0.05) is 0 Å². The summed E-state index contributed by atoms with van der Waals surface area (Å²) in [6.45, 7) is 4.37. The van der Waals surface area contributed by atoms with Gasteiger partial charge in [0.25, 0.3) is 0 Å². The van der Waals surface area contributed by atoms with Crippen molar-refractivity contribution in [2.45, 2.75) is 65.2 Å². The van der Waals surface area contributed by atoms with E-state index in [0.29, 0.717) is 11.5 Å². The molecule has 2 rings (SSSR count). The molecule has 0 saturated carbocycles. The molecule has 2 aromatic rings. The molecule has 2 nitrogen and oxygen atoms in total. The molecule has 0 aliphatic carbocycles. The van der Waals surface area contributed by atoms with Crippen LogP contribution in [0.4, 0.5) is 0 Å². The van der Waals surface area contributed by atoms with E-state index in [9.17, 15) is 10.2 Å². The molecule has 0 saturated heterocycles. The number of rotatable bonds is 9. The van der Waals surface area contributed by atoms with E-state index in [0.717, 1.165) is 47.9 Å². The second-order valence-corrected chi connectivity index (χ2v) is 6.60. The summed E-state index contributed by atoms with van der Waals surface area (Å²) in [4.78, 5) is 0. The van der Waals surface area contributed by atoms with Crippen LogP contribution in [0.1, 0.15) is 63.5 Å². The van der Waals surface area contributed by atoms with Crippen molar-refractivity contribution in [2.75, 3.05) is 0 Å². The monoisotopic (exact) mass is 326 g/mol. The number of phenolic OH excluding ortho intramolecular Hbond substituents is 2. The largest absolute Gasteiger partial charge is 0.508 e. The molecule has 0 spiro atoms. The summed E-state index contributed by atoms with van der Waals surface area (Å²) < 4.78 is 0. The van der Waals surface area contributed by atoms with Gasteiger partial charge in [0.1, 0.15) is 11.5 Å². The van der Waals surface area contributed by atoms with Crippen molar-refractivity contribution >= 4 is 0 Å². The summed E-state index contributed by atoms with van der Waals surface area (Å²) >= 11 is 0. The standard InChI is InChI=1S/C22H30O2/c1-3-5-7-9-19-15-17(11-13-21(19)23)18-12-14-22(24)20(16-18)10-8-6-4-2/h11-16,23-24H,3-10H2,1-2H3. The Morgan fingerprint density at radius 3 is 1.42 bits per heavy atom. The molecule has 24 heavy (non-hydrogen) atoms. The normalized spacial score (nSPS) is 10.9. The fourth-order valence-electron chi connectivity index (χ4n) is 3.06. The van der Waals surface area contributed by atoms with Crippen LogP contribution in [0.15, 0.2) is 36.4 Å². The highest BCUT2D eigenvalue weighted by Gasteiger charge is 2.08. The zero-order valence-corrected chi connectivity index (χ0v) is 15.0. The Morgan fingerprint density at radius 1 is 0.625 bits per heavy atom. The van der Waals surface area contributed by atoms with Crippen LogP contribution in [-0.2, 0) is 12.8 Å². The Labute approximate surface area is 146 Å². The second kappa shape index (κ2) is 9.36. The first-order valence-electron chi connectivity index (χ1n) is 9.29. The summed E-state index contributed by atoms with van der Waals surface area (Å²) in [5.41, 5.74) is 4.25. The summed E-state index contributed by atoms with van der Waals surface area (Å²) in [7, 11) is 0. The first-order valence-corrected chi connectivity index (χ1v) is 9.29. The van der Waals surface area contributed by atoms with Gasteiger partial charge in [0.05, 0.1) is 0 Å². The van der Waals surface area contributed by atoms with Crippen molar-refractivity contribution in [1.82, 2.24) is 0 Å². The lowest BCUT2D eigenvalue weighted by molar-refractivity contribution is 0.465. The van der Waals surface area contributed by atoms with Gasteiger partial charge in [-0.2, -0.15) is 0 Å². The maximum atomic E-state index is 10.1. The van der Waals surface area contributed by atoms with E-state index in [2.05, 4.69) is 26.0 Å². The zero-order valence-electron chi connectivity index (χ0n) is 15.0. The van der Waals surface area contributed by atoms with Crippen molar-refractivity contribution in [3.8, 4) is 22.6 Å². The molecule has 0 amide bonds. The smallest absolute Gasteiger partial charge is 0.118 e. The minimum Gasteiger partial charge on any atom is -0.508 e. The van der Waals surface area contributed by atoms with E-state index in [-0.39, 0.29) is 0 Å². The van der Waals surface area contributed by atoms with Crippen LogP contribution in [0, 0.1) is 0 Å². The van der Waals surface area contributed by atoms with E-state index in [1.54, 1.807) is 12.1 Å². The highest BCUT2D eigenvalue weighted by molar-refractivity contribution is 5.67. The topological polar surface area (TPSA) is 40.5 Å². The average molecular weight is 326 g/mol. The summed E-state index contributed by atoms with van der Waals surface area (Å²) in [6.07, 6.45) is 8.76. The molecular formula is C22H30O2. The summed E-state index contributed by atoms with van der Waals surface area (Å²) in [6, 6.07) is 11.7. The molecule has 130 valence electrons. The molecule has 0 bridgehead atoms. The third kappa shape index (κ3) is 5.02. The number of aryl methyl sites for hydroxylation is 2. The minimum atomic E-state index is 0.386. The number of benzene rings is 2. The Hall–Kier alpha value is -1.96. The third-order valence-electron chi connectivity index (χ3n) is 4.59. The van der Waals surface area contributed by atoms with Crippen molar-refractivity contribution < 1.29 is 10.2 Å². The summed E-state index contributed by atoms with van der Waals surface area (Å²) in [5, 5.41) is 20.2. The molecule has 0 unspecified atom stereocenters. The predicted octanol–water partition coefficient (Wildman–Crippen LogP) is 6.23. The quantitative estimate of drug-likeness (QED) is 0.536. The molecule has 0 heterocycles. The average Bonchev–Trinajstić information content (AvgIpc) is 2.59. The van der Waals surface area contributed by atoms with Crippen LogP contribution >= 0.6 is 0 Å².